The van der Waals surface area contributed by atoms with Gasteiger partial charge in [0.1, 0.15) is 11.0 Å². The third-order valence-corrected chi connectivity index (χ3v) is 3.07. The zero-order chi connectivity index (χ0) is 13.1. The van der Waals surface area contributed by atoms with Crippen molar-refractivity contribution in [2.45, 2.75) is 6.42 Å². The van der Waals surface area contributed by atoms with Gasteiger partial charge < -0.3 is 4.74 Å². The first-order valence-corrected chi connectivity index (χ1v) is 6.23. The number of hydrogen-bond acceptors (Lipinski definition) is 3. The molecule has 1 heterocycles. The molecule has 18 heavy (non-hydrogen) atoms. The van der Waals surface area contributed by atoms with Crippen LogP contribution in [0.3, 0.4) is 0 Å². The minimum absolute atomic E-state index is 0.335. The molecule has 0 bridgehead atoms. The van der Waals surface area contributed by atoms with E-state index in [4.69, 9.17) is 39.5 Å². The van der Waals surface area contributed by atoms with Gasteiger partial charge in [-0.25, -0.2) is 4.98 Å². The van der Waals surface area contributed by atoms with Gasteiger partial charge in [-0.2, -0.15) is 4.98 Å². The molecule has 0 aliphatic rings. The monoisotopic (exact) mass is 302 g/mol. The van der Waals surface area contributed by atoms with E-state index in [1.54, 1.807) is 18.2 Å². The molecule has 0 aliphatic carbocycles. The van der Waals surface area contributed by atoms with Crippen molar-refractivity contribution in [1.29, 1.82) is 0 Å². The number of halogens is 3. The largest absolute Gasteiger partial charge is 0.481 e. The molecular weight excluding hydrogens is 295 g/mol. The quantitative estimate of drug-likeness (QED) is 0.803. The van der Waals surface area contributed by atoms with Gasteiger partial charge in [0.15, 0.2) is 0 Å². The van der Waals surface area contributed by atoms with E-state index in [0.29, 0.717) is 33.3 Å². The van der Waals surface area contributed by atoms with Crippen molar-refractivity contribution >= 4 is 34.8 Å². The van der Waals surface area contributed by atoms with Gasteiger partial charge in [-0.05, 0) is 17.7 Å². The first-order valence-electron chi connectivity index (χ1n) is 5.10. The maximum atomic E-state index is 6.09. The van der Waals surface area contributed by atoms with Gasteiger partial charge in [-0.1, -0.05) is 40.9 Å². The van der Waals surface area contributed by atoms with Crippen LogP contribution in [0.5, 0.6) is 5.88 Å². The van der Waals surface area contributed by atoms with E-state index in [-0.39, 0.29) is 0 Å². The Labute approximate surface area is 120 Å². The van der Waals surface area contributed by atoms with E-state index in [0.717, 1.165) is 5.56 Å². The molecule has 0 amide bonds. The fourth-order valence-electron chi connectivity index (χ4n) is 1.46. The molecule has 2 aromatic rings. The number of rotatable bonds is 3. The molecule has 94 valence electrons. The molecule has 0 radical (unpaired) electrons. The lowest BCUT2D eigenvalue weighted by Gasteiger charge is -2.06. The van der Waals surface area contributed by atoms with Gasteiger partial charge in [-0.3, -0.25) is 0 Å². The highest BCUT2D eigenvalue weighted by Gasteiger charge is 2.08. The van der Waals surface area contributed by atoms with Crippen LogP contribution in [-0.4, -0.2) is 17.1 Å². The Balaban J connectivity index is 2.30. The van der Waals surface area contributed by atoms with E-state index >= 15 is 0 Å². The summed E-state index contributed by atoms with van der Waals surface area (Å²) in [6, 6.07) is 6.83. The van der Waals surface area contributed by atoms with E-state index in [1.807, 2.05) is 6.07 Å². The predicted octanol–water partition coefficient (Wildman–Crippen LogP) is 4.04. The second kappa shape index (κ2) is 5.74. The number of hydrogen-bond donors (Lipinski definition) is 0. The SMILES string of the molecule is COc1cc(Cl)nc(Cc2ccc(Cl)cc2Cl)n1. The average molecular weight is 304 g/mol. The zero-order valence-corrected chi connectivity index (χ0v) is 11.7. The van der Waals surface area contributed by atoms with Crippen molar-refractivity contribution in [2.24, 2.45) is 0 Å². The van der Waals surface area contributed by atoms with Crippen molar-refractivity contribution in [2.75, 3.05) is 7.11 Å². The Morgan fingerprint density at radius 2 is 1.89 bits per heavy atom. The Bertz CT molecular complexity index is 575. The Hall–Kier alpha value is -1.03. The third-order valence-electron chi connectivity index (χ3n) is 2.29. The highest BCUT2D eigenvalue weighted by Crippen LogP contribution is 2.23. The van der Waals surface area contributed by atoms with Gasteiger partial charge in [0, 0.05) is 22.5 Å². The number of benzene rings is 1. The van der Waals surface area contributed by atoms with Gasteiger partial charge in [0.05, 0.1) is 7.11 Å². The second-order valence-corrected chi connectivity index (χ2v) is 4.79. The summed E-state index contributed by atoms with van der Waals surface area (Å²) >= 11 is 17.8. The molecular formula is C12H9Cl3N2O. The van der Waals surface area contributed by atoms with Crippen LogP contribution in [0.15, 0.2) is 24.3 Å². The summed E-state index contributed by atoms with van der Waals surface area (Å²) in [5, 5.41) is 1.50. The third kappa shape index (κ3) is 3.25. The van der Waals surface area contributed by atoms with Crippen molar-refractivity contribution in [3.05, 3.63) is 50.9 Å². The van der Waals surface area contributed by atoms with Gasteiger partial charge in [-0.15, -0.1) is 0 Å². The Kier molecular flexibility index (Phi) is 4.27. The smallest absolute Gasteiger partial charge is 0.217 e. The number of aromatic nitrogens is 2. The maximum absolute atomic E-state index is 6.09. The average Bonchev–Trinajstić information content (AvgIpc) is 2.32. The summed E-state index contributed by atoms with van der Waals surface area (Å²) in [5.41, 5.74) is 0.880. The van der Waals surface area contributed by atoms with Crippen molar-refractivity contribution < 1.29 is 4.74 Å². The summed E-state index contributed by atoms with van der Waals surface area (Å²) in [6.07, 6.45) is 0.465. The standard InChI is InChI=1S/C12H9Cl3N2O/c1-18-12-6-10(15)16-11(17-12)4-7-2-3-8(13)5-9(7)14/h2-3,5-6H,4H2,1H3. The summed E-state index contributed by atoms with van der Waals surface area (Å²) in [7, 11) is 1.53. The Morgan fingerprint density at radius 3 is 2.56 bits per heavy atom. The fraction of sp³-hybridized carbons (Fsp3) is 0.167. The van der Waals surface area contributed by atoms with Crippen molar-refractivity contribution in [3.8, 4) is 5.88 Å². The number of methoxy groups -OCH3 is 1. The lowest BCUT2D eigenvalue weighted by atomic mass is 10.1. The van der Waals surface area contributed by atoms with Crippen LogP contribution in [0.1, 0.15) is 11.4 Å². The van der Waals surface area contributed by atoms with E-state index in [9.17, 15) is 0 Å². The zero-order valence-electron chi connectivity index (χ0n) is 9.45. The van der Waals surface area contributed by atoms with Crippen LogP contribution in [-0.2, 0) is 6.42 Å². The summed E-state index contributed by atoms with van der Waals surface area (Å²) in [4.78, 5) is 8.32. The normalized spacial score (nSPS) is 10.4. The van der Waals surface area contributed by atoms with Gasteiger partial charge in [0.25, 0.3) is 0 Å². The summed E-state index contributed by atoms with van der Waals surface area (Å²) < 4.78 is 5.03. The molecule has 6 heteroatoms. The molecule has 0 aliphatic heterocycles. The van der Waals surface area contributed by atoms with Crippen LogP contribution in [0.2, 0.25) is 15.2 Å². The molecule has 1 aromatic carbocycles. The van der Waals surface area contributed by atoms with Crippen molar-refractivity contribution in [3.63, 3.8) is 0 Å². The first kappa shape index (κ1) is 13.4. The Morgan fingerprint density at radius 1 is 1.11 bits per heavy atom. The summed E-state index contributed by atoms with van der Waals surface area (Å²) in [5.74, 6) is 0.971. The highest BCUT2D eigenvalue weighted by atomic mass is 35.5. The minimum Gasteiger partial charge on any atom is -0.481 e. The van der Waals surface area contributed by atoms with Crippen LogP contribution in [0, 0.1) is 0 Å². The molecule has 2 rings (SSSR count). The topological polar surface area (TPSA) is 35.0 Å². The van der Waals surface area contributed by atoms with Crippen LogP contribution < -0.4 is 4.74 Å². The first-order chi connectivity index (χ1) is 8.58. The highest BCUT2D eigenvalue weighted by molar-refractivity contribution is 6.35. The number of ether oxygens (including phenoxy) is 1. The number of nitrogens with zero attached hydrogens (tertiary/aromatic N) is 2. The van der Waals surface area contributed by atoms with Gasteiger partial charge >= 0.3 is 0 Å². The molecule has 0 unspecified atom stereocenters. The van der Waals surface area contributed by atoms with E-state index in [1.165, 1.54) is 7.11 Å². The molecule has 3 nitrogen and oxygen atoms in total. The maximum Gasteiger partial charge on any atom is 0.217 e. The lowest BCUT2D eigenvalue weighted by Crippen LogP contribution is -1.99. The molecule has 0 N–H and O–H groups in total. The van der Waals surface area contributed by atoms with E-state index in [2.05, 4.69) is 9.97 Å². The van der Waals surface area contributed by atoms with E-state index < -0.39 is 0 Å². The summed E-state index contributed by atoms with van der Waals surface area (Å²) in [6.45, 7) is 0. The minimum atomic E-state index is 0.335. The van der Waals surface area contributed by atoms with Gasteiger partial charge in [0.2, 0.25) is 5.88 Å². The molecule has 1 aromatic heterocycles. The second-order valence-electron chi connectivity index (χ2n) is 3.56. The fourth-order valence-corrected chi connectivity index (χ4v) is 2.13. The molecule has 0 atom stereocenters. The van der Waals surface area contributed by atoms with Crippen LogP contribution in [0.4, 0.5) is 0 Å². The molecule has 0 saturated carbocycles. The predicted molar refractivity (Wildman–Crippen MR) is 72.9 cm³/mol. The molecule has 0 spiro atoms. The van der Waals surface area contributed by atoms with Crippen LogP contribution in [0.25, 0.3) is 0 Å². The molecule has 0 fully saturated rings. The lowest BCUT2D eigenvalue weighted by molar-refractivity contribution is 0.395. The van der Waals surface area contributed by atoms with Crippen molar-refractivity contribution in [1.82, 2.24) is 9.97 Å². The molecule has 0 saturated heterocycles. The van der Waals surface area contributed by atoms with Crippen LogP contribution >= 0.6 is 34.8 Å².